The number of fused-ring (bicyclic) bond motifs is 1. The van der Waals surface area contributed by atoms with Crippen molar-refractivity contribution < 1.29 is 0 Å². The van der Waals surface area contributed by atoms with Crippen molar-refractivity contribution in [1.82, 2.24) is 4.90 Å². The molecule has 0 bridgehead atoms. The highest BCUT2D eigenvalue weighted by Crippen LogP contribution is 2.29. The van der Waals surface area contributed by atoms with Crippen molar-refractivity contribution in [2.75, 3.05) is 44.4 Å². The van der Waals surface area contributed by atoms with E-state index in [1.165, 1.54) is 11.3 Å². The van der Waals surface area contributed by atoms with Crippen LogP contribution in [0.4, 0.5) is 11.4 Å². The van der Waals surface area contributed by atoms with Gasteiger partial charge in [0.15, 0.2) is 0 Å². The molecule has 0 saturated heterocycles. The summed E-state index contributed by atoms with van der Waals surface area (Å²) in [6.07, 6.45) is 1.16. The van der Waals surface area contributed by atoms with E-state index in [4.69, 9.17) is 5.73 Å². The minimum Gasteiger partial charge on any atom is -0.399 e. The number of hydrogen-bond donors (Lipinski definition) is 1. The molecule has 1 heterocycles. The van der Waals surface area contributed by atoms with Gasteiger partial charge < -0.3 is 15.5 Å². The number of nitrogens with two attached hydrogens (primary N) is 1. The zero-order valence-corrected chi connectivity index (χ0v) is 9.53. The summed E-state index contributed by atoms with van der Waals surface area (Å²) in [5.41, 5.74) is 9.44. The van der Waals surface area contributed by atoms with Gasteiger partial charge >= 0.3 is 0 Å². The first kappa shape index (κ1) is 10.3. The number of hydrogen-bond acceptors (Lipinski definition) is 3. The second-order valence-electron chi connectivity index (χ2n) is 4.43. The molecule has 3 nitrogen and oxygen atoms in total. The zero-order valence-electron chi connectivity index (χ0n) is 9.53. The Hall–Kier alpha value is -1.22. The standard InChI is InChI=1S/C12H19N3/c1-14(2)7-8-15-6-5-10-3-4-11(13)9-12(10)15/h3-4,9H,5-8,13H2,1-2H3. The third kappa shape index (κ3) is 2.23. The average Bonchev–Trinajstić information content (AvgIpc) is 2.57. The Bertz CT molecular complexity index is 347. The predicted molar refractivity (Wildman–Crippen MR) is 65.3 cm³/mol. The van der Waals surface area contributed by atoms with Gasteiger partial charge in [-0.2, -0.15) is 0 Å². The van der Waals surface area contributed by atoms with Crippen LogP contribution in [0.15, 0.2) is 18.2 Å². The van der Waals surface area contributed by atoms with Crippen molar-refractivity contribution >= 4 is 11.4 Å². The van der Waals surface area contributed by atoms with Gasteiger partial charge in [0.2, 0.25) is 0 Å². The summed E-state index contributed by atoms with van der Waals surface area (Å²) in [6, 6.07) is 6.24. The molecule has 0 atom stereocenters. The van der Waals surface area contributed by atoms with E-state index in [0.29, 0.717) is 0 Å². The number of rotatable bonds is 3. The van der Waals surface area contributed by atoms with Crippen molar-refractivity contribution in [1.29, 1.82) is 0 Å². The molecule has 1 aromatic carbocycles. The number of nitrogens with zero attached hydrogens (tertiary/aromatic N) is 2. The molecule has 0 saturated carbocycles. The van der Waals surface area contributed by atoms with Crippen LogP contribution in [-0.4, -0.2) is 38.6 Å². The highest BCUT2D eigenvalue weighted by atomic mass is 15.2. The highest BCUT2D eigenvalue weighted by molar-refractivity contribution is 5.64. The molecule has 0 aromatic heterocycles. The van der Waals surface area contributed by atoms with Crippen LogP contribution in [0.25, 0.3) is 0 Å². The van der Waals surface area contributed by atoms with Gasteiger partial charge in [0.25, 0.3) is 0 Å². The summed E-state index contributed by atoms with van der Waals surface area (Å²) < 4.78 is 0. The Balaban J connectivity index is 2.10. The lowest BCUT2D eigenvalue weighted by atomic mass is 10.1. The Kier molecular flexibility index (Phi) is 2.82. The summed E-state index contributed by atoms with van der Waals surface area (Å²) in [7, 11) is 4.21. The maximum atomic E-state index is 5.81. The molecule has 0 unspecified atom stereocenters. The van der Waals surface area contributed by atoms with Gasteiger partial charge in [0.1, 0.15) is 0 Å². The first-order chi connectivity index (χ1) is 7.16. The number of nitrogen functional groups attached to an aromatic ring is 1. The second-order valence-corrected chi connectivity index (χ2v) is 4.43. The SMILES string of the molecule is CN(C)CCN1CCc2ccc(N)cc21. The van der Waals surface area contributed by atoms with Gasteiger partial charge in [-0.15, -0.1) is 0 Å². The molecule has 1 aliphatic rings. The number of benzene rings is 1. The topological polar surface area (TPSA) is 32.5 Å². The molecule has 0 aliphatic carbocycles. The first-order valence-electron chi connectivity index (χ1n) is 5.45. The first-order valence-corrected chi connectivity index (χ1v) is 5.45. The summed E-state index contributed by atoms with van der Waals surface area (Å²) >= 11 is 0. The number of anilines is 2. The van der Waals surface area contributed by atoms with Crippen molar-refractivity contribution in [3.8, 4) is 0 Å². The lowest BCUT2D eigenvalue weighted by Gasteiger charge is -2.21. The van der Waals surface area contributed by atoms with Crippen LogP contribution in [-0.2, 0) is 6.42 Å². The van der Waals surface area contributed by atoms with E-state index in [2.05, 4.69) is 36.0 Å². The van der Waals surface area contributed by atoms with Gasteiger partial charge in [-0.1, -0.05) is 6.07 Å². The van der Waals surface area contributed by atoms with Gasteiger partial charge in [-0.25, -0.2) is 0 Å². The molecule has 82 valence electrons. The van der Waals surface area contributed by atoms with Gasteiger partial charge in [-0.05, 0) is 38.2 Å². The minimum absolute atomic E-state index is 0.866. The lowest BCUT2D eigenvalue weighted by molar-refractivity contribution is 0.414. The van der Waals surface area contributed by atoms with E-state index in [1.54, 1.807) is 0 Å². The van der Waals surface area contributed by atoms with E-state index in [-0.39, 0.29) is 0 Å². The third-order valence-electron chi connectivity index (χ3n) is 2.92. The molecule has 2 rings (SSSR count). The fraction of sp³-hybridized carbons (Fsp3) is 0.500. The molecule has 0 fully saturated rings. The molecule has 2 N–H and O–H groups in total. The van der Waals surface area contributed by atoms with Crippen LogP contribution >= 0.6 is 0 Å². The van der Waals surface area contributed by atoms with Crippen LogP contribution in [0.2, 0.25) is 0 Å². The maximum Gasteiger partial charge on any atom is 0.0420 e. The second kappa shape index (κ2) is 4.11. The van der Waals surface area contributed by atoms with Crippen LogP contribution < -0.4 is 10.6 Å². The monoisotopic (exact) mass is 205 g/mol. The minimum atomic E-state index is 0.866. The molecule has 3 heteroatoms. The van der Waals surface area contributed by atoms with Crippen molar-refractivity contribution in [3.63, 3.8) is 0 Å². The van der Waals surface area contributed by atoms with Gasteiger partial charge in [0.05, 0.1) is 0 Å². The molecule has 1 aliphatic heterocycles. The molecular weight excluding hydrogens is 186 g/mol. The van der Waals surface area contributed by atoms with Crippen molar-refractivity contribution in [3.05, 3.63) is 23.8 Å². The summed E-state index contributed by atoms with van der Waals surface area (Å²) in [5.74, 6) is 0. The van der Waals surface area contributed by atoms with Crippen molar-refractivity contribution in [2.45, 2.75) is 6.42 Å². The quantitative estimate of drug-likeness (QED) is 0.752. The molecular formula is C12H19N3. The maximum absolute atomic E-state index is 5.81. The molecule has 15 heavy (non-hydrogen) atoms. The Labute approximate surface area is 91.5 Å². The Morgan fingerprint density at radius 1 is 1.40 bits per heavy atom. The van der Waals surface area contributed by atoms with E-state index < -0.39 is 0 Å². The van der Waals surface area contributed by atoms with Crippen LogP contribution in [0.3, 0.4) is 0 Å². The highest BCUT2D eigenvalue weighted by Gasteiger charge is 2.18. The Morgan fingerprint density at radius 3 is 2.93 bits per heavy atom. The average molecular weight is 205 g/mol. The third-order valence-corrected chi connectivity index (χ3v) is 2.92. The van der Waals surface area contributed by atoms with E-state index >= 15 is 0 Å². The Morgan fingerprint density at radius 2 is 2.20 bits per heavy atom. The smallest absolute Gasteiger partial charge is 0.0420 e. The molecule has 1 aromatic rings. The van der Waals surface area contributed by atoms with E-state index in [0.717, 1.165) is 31.7 Å². The number of likely N-dealkylation sites (N-methyl/N-ethyl adjacent to an activating group) is 1. The van der Waals surface area contributed by atoms with Gasteiger partial charge in [0, 0.05) is 31.0 Å². The summed E-state index contributed by atoms with van der Waals surface area (Å²) in [4.78, 5) is 4.63. The summed E-state index contributed by atoms with van der Waals surface area (Å²) in [6.45, 7) is 3.31. The normalized spacial score (nSPS) is 14.7. The zero-order chi connectivity index (χ0) is 10.8. The fourth-order valence-electron chi connectivity index (χ4n) is 2.02. The van der Waals surface area contributed by atoms with Crippen LogP contribution in [0, 0.1) is 0 Å². The lowest BCUT2D eigenvalue weighted by Crippen LogP contribution is -2.30. The molecule has 0 spiro atoms. The summed E-state index contributed by atoms with van der Waals surface area (Å²) in [5, 5.41) is 0. The molecule has 0 radical (unpaired) electrons. The van der Waals surface area contributed by atoms with E-state index in [1.807, 2.05) is 6.07 Å². The van der Waals surface area contributed by atoms with E-state index in [9.17, 15) is 0 Å². The predicted octanol–water partition coefficient (Wildman–Crippen LogP) is 1.19. The van der Waals surface area contributed by atoms with Gasteiger partial charge in [-0.3, -0.25) is 0 Å². The van der Waals surface area contributed by atoms with Crippen molar-refractivity contribution in [2.24, 2.45) is 0 Å². The van der Waals surface area contributed by atoms with Crippen LogP contribution in [0.1, 0.15) is 5.56 Å². The molecule has 0 amide bonds. The largest absolute Gasteiger partial charge is 0.399 e. The fourth-order valence-corrected chi connectivity index (χ4v) is 2.02. The van der Waals surface area contributed by atoms with Crippen LogP contribution in [0.5, 0.6) is 0 Å².